The maximum absolute atomic E-state index is 10.4. The van der Waals surface area contributed by atoms with Crippen LogP contribution in [0.3, 0.4) is 0 Å². The van der Waals surface area contributed by atoms with Gasteiger partial charge in [-0.3, -0.25) is 0 Å². The van der Waals surface area contributed by atoms with Crippen molar-refractivity contribution in [2.75, 3.05) is 26.9 Å². The molecule has 3 rings (SSSR count). The molecule has 2 aromatic rings. The Morgan fingerprint density at radius 1 is 1.28 bits per heavy atom. The molecule has 1 amide bonds. The van der Waals surface area contributed by atoms with E-state index in [1.807, 2.05) is 18.2 Å². The second kappa shape index (κ2) is 8.18. The highest BCUT2D eigenvalue weighted by Crippen LogP contribution is 2.31. The zero-order valence-corrected chi connectivity index (χ0v) is 14.2. The summed E-state index contributed by atoms with van der Waals surface area (Å²) in [6.45, 7) is 1.61. The van der Waals surface area contributed by atoms with Crippen LogP contribution < -0.4 is 10.1 Å². The van der Waals surface area contributed by atoms with Crippen molar-refractivity contribution >= 4 is 16.9 Å². The molecule has 25 heavy (non-hydrogen) atoms. The molecular weight excluding hydrogens is 322 g/mol. The average Bonchev–Trinajstić information content (AvgIpc) is 2.64. The third-order valence-corrected chi connectivity index (χ3v) is 4.42. The minimum atomic E-state index is -1.00. The first kappa shape index (κ1) is 17.5. The highest BCUT2D eigenvalue weighted by molar-refractivity contribution is 5.87. The number of hydrogen-bond acceptors (Lipinski definition) is 4. The first-order valence-electron chi connectivity index (χ1n) is 8.44. The van der Waals surface area contributed by atoms with Crippen LogP contribution in [0.2, 0.25) is 0 Å². The van der Waals surface area contributed by atoms with Crippen LogP contribution in [0.15, 0.2) is 36.4 Å². The summed E-state index contributed by atoms with van der Waals surface area (Å²) in [5.74, 6) is 1.03. The third-order valence-electron chi connectivity index (χ3n) is 4.42. The van der Waals surface area contributed by atoms with Gasteiger partial charge < -0.3 is 24.6 Å². The van der Waals surface area contributed by atoms with Crippen LogP contribution in [0, 0.1) is 0 Å². The topological polar surface area (TPSA) is 77.0 Å². The van der Waals surface area contributed by atoms with Crippen molar-refractivity contribution in [3.8, 4) is 5.75 Å². The van der Waals surface area contributed by atoms with Crippen molar-refractivity contribution < 1.29 is 24.1 Å². The second-order valence-electron chi connectivity index (χ2n) is 6.10. The van der Waals surface area contributed by atoms with Crippen molar-refractivity contribution in [2.24, 2.45) is 0 Å². The summed E-state index contributed by atoms with van der Waals surface area (Å²) in [5, 5.41) is 13.2. The largest absolute Gasteiger partial charge is 0.497 e. The lowest BCUT2D eigenvalue weighted by Gasteiger charge is -2.30. The fraction of sp³-hybridized carbons (Fsp3) is 0.421. The van der Waals surface area contributed by atoms with Crippen molar-refractivity contribution in [3.05, 3.63) is 42.0 Å². The molecule has 6 nitrogen and oxygen atoms in total. The molecule has 0 unspecified atom stereocenters. The molecule has 2 N–H and O–H groups in total. The lowest BCUT2D eigenvalue weighted by Crippen LogP contribution is -2.32. The quantitative estimate of drug-likeness (QED) is 0.785. The molecule has 0 atom stereocenters. The Bertz CT molecular complexity index is 725. The monoisotopic (exact) mass is 345 g/mol. The Kier molecular flexibility index (Phi) is 5.73. The van der Waals surface area contributed by atoms with E-state index < -0.39 is 6.09 Å². The molecule has 134 valence electrons. The number of carboxylic acid groups (broad SMARTS) is 1. The van der Waals surface area contributed by atoms with Crippen molar-refractivity contribution in [3.63, 3.8) is 0 Å². The van der Waals surface area contributed by atoms with Gasteiger partial charge in [0, 0.05) is 18.9 Å². The van der Waals surface area contributed by atoms with E-state index in [0.717, 1.165) is 11.1 Å². The van der Waals surface area contributed by atoms with Gasteiger partial charge in [0.25, 0.3) is 0 Å². The van der Waals surface area contributed by atoms with Crippen LogP contribution in [-0.2, 0) is 9.47 Å². The van der Waals surface area contributed by atoms with Gasteiger partial charge >= 0.3 is 6.09 Å². The SMILES string of the molecule is COc1ccc2c(cccc2[C@H]2CO[C@@H](CCCNC(=O)O)OC2)c1. The highest BCUT2D eigenvalue weighted by atomic mass is 16.7. The van der Waals surface area contributed by atoms with Crippen LogP contribution in [0.4, 0.5) is 4.79 Å². The first-order chi connectivity index (χ1) is 12.2. The summed E-state index contributed by atoms with van der Waals surface area (Å²) in [6.07, 6.45) is 0.107. The number of ether oxygens (including phenoxy) is 3. The molecule has 0 bridgehead atoms. The summed E-state index contributed by atoms with van der Waals surface area (Å²) >= 11 is 0. The molecule has 0 aliphatic carbocycles. The standard InChI is InChI=1S/C19H23NO5/c1-23-15-7-8-17-13(10-15)4-2-5-16(17)14-11-24-18(25-12-14)6-3-9-20-19(21)22/h2,4-5,7-8,10,14,18,20H,3,6,9,11-12H2,1H3,(H,21,22)/t14-,18+. The van der Waals surface area contributed by atoms with Gasteiger partial charge in [-0.05, 0) is 34.9 Å². The van der Waals surface area contributed by atoms with E-state index in [1.165, 1.54) is 10.9 Å². The summed E-state index contributed by atoms with van der Waals surface area (Å²) in [7, 11) is 1.67. The van der Waals surface area contributed by atoms with Crippen molar-refractivity contribution in [2.45, 2.75) is 25.0 Å². The number of nitrogens with one attached hydrogen (secondary N) is 1. The molecule has 1 aliphatic heterocycles. The third kappa shape index (κ3) is 4.41. The number of amides is 1. The van der Waals surface area contributed by atoms with Gasteiger partial charge in [-0.15, -0.1) is 0 Å². The summed E-state index contributed by atoms with van der Waals surface area (Å²) in [4.78, 5) is 10.4. The summed E-state index contributed by atoms with van der Waals surface area (Å²) < 4.78 is 16.9. The van der Waals surface area contributed by atoms with Gasteiger partial charge in [0.1, 0.15) is 5.75 Å². The minimum absolute atomic E-state index is 0.186. The van der Waals surface area contributed by atoms with Crippen LogP contribution in [0.1, 0.15) is 24.3 Å². The smallest absolute Gasteiger partial charge is 0.404 e. The molecule has 1 aliphatic rings. The lowest BCUT2D eigenvalue weighted by atomic mass is 9.94. The number of methoxy groups -OCH3 is 1. The fourth-order valence-corrected chi connectivity index (χ4v) is 3.12. The summed E-state index contributed by atoms with van der Waals surface area (Å²) in [5.41, 5.74) is 1.21. The predicted molar refractivity (Wildman–Crippen MR) is 94.2 cm³/mol. The van der Waals surface area contributed by atoms with Crippen molar-refractivity contribution in [1.82, 2.24) is 5.32 Å². The molecule has 1 heterocycles. The second-order valence-corrected chi connectivity index (χ2v) is 6.10. The first-order valence-corrected chi connectivity index (χ1v) is 8.44. The van der Waals surface area contributed by atoms with Gasteiger partial charge in [0.05, 0.1) is 20.3 Å². The zero-order valence-electron chi connectivity index (χ0n) is 14.2. The van der Waals surface area contributed by atoms with Gasteiger partial charge in [0.15, 0.2) is 6.29 Å². The van der Waals surface area contributed by atoms with E-state index in [9.17, 15) is 4.79 Å². The van der Waals surface area contributed by atoms with Crippen LogP contribution in [0.5, 0.6) is 5.75 Å². The number of carbonyl (C=O) groups is 1. The van der Waals surface area contributed by atoms with E-state index in [0.29, 0.717) is 32.6 Å². The predicted octanol–water partition coefficient (Wildman–Crippen LogP) is 3.35. The number of rotatable bonds is 6. The normalized spacial score (nSPS) is 20.4. The molecule has 2 aromatic carbocycles. The van der Waals surface area contributed by atoms with Gasteiger partial charge in [-0.1, -0.05) is 24.3 Å². The Morgan fingerprint density at radius 2 is 2.08 bits per heavy atom. The highest BCUT2D eigenvalue weighted by Gasteiger charge is 2.24. The van der Waals surface area contributed by atoms with E-state index in [1.54, 1.807) is 7.11 Å². The molecule has 1 saturated heterocycles. The van der Waals surface area contributed by atoms with Gasteiger partial charge in [-0.2, -0.15) is 0 Å². The fourth-order valence-electron chi connectivity index (χ4n) is 3.12. The van der Waals surface area contributed by atoms with Gasteiger partial charge in [0.2, 0.25) is 0 Å². The molecule has 0 spiro atoms. The molecule has 1 fully saturated rings. The summed E-state index contributed by atoms with van der Waals surface area (Å²) in [6, 6.07) is 12.3. The van der Waals surface area contributed by atoms with Gasteiger partial charge in [-0.25, -0.2) is 4.79 Å². The number of hydrogen-bond donors (Lipinski definition) is 2. The Labute approximate surface area is 146 Å². The average molecular weight is 345 g/mol. The van der Waals surface area contributed by atoms with Crippen molar-refractivity contribution in [1.29, 1.82) is 0 Å². The molecule has 0 saturated carbocycles. The Hall–Kier alpha value is -2.31. The molecule has 0 aromatic heterocycles. The maximum atomic E-state index is 10.4. The number of fused-ring (bicyclic) bond motifs is 1. The lowest BCUT2D eigenvalue weighted by molar-refractivity contribution is -0.189. The Morgan fingerprint density at radius 3 is 2.80 bits per heavy atom. The molecule has 6 heteroatoms. The van der Waals surface area contributed by atoms with E-state index >= 15 is 0 Å². The van der Waals surface area contributed by atoms with E-state index in [-0.39, 0.29) is 12.2 Å². The maximum Gasteiger partial charge on any atom is 0.404 e. The number of benzene rings is 2. The molecule has 0 radical (unpaired) electrons. The zero-order chi connectivity index (χ0) is 17.6. The van der Waals surface area contributed by atoms with E-state index in [2.05, 4.69) is 23.5 Å². The van der Waals surface area contributed by atoms with E-state index in [4.69, 9.17) is 19.3 Å². The van der Waals surface area contributed by atoms with Crippen LogP contribution >= 0.6 is 0 Å². The van der Waals surface area contributed by atoms with Crippen LogP contribution in [0.25, 0.3) is 10.8 Å². The molecular formula is C19H23NO5. The van der Waals surface area contributed by atoms with Crippen LogP contribution in [-0.4, -0.2) is 44.4 Å². The Balaban J connectivity index is 1.59. The minimum Gasteiger partial charge on any atom is -0.497 e.